The third-order valence-electron chi connectivity index (χ3n) is 2.65. The third-order valence-corrected chi connectivity index (χ3v) is 3.76. The zero-order chi connectivity index (χ0) is 15.1. The van der Waals surface area contributed by atoms with Crippen LogP contribution in [-0.2, 0) is 19.4 Å². The van der Waals surface area contributed by atoms with Crippen LogP contribution >= 0.6 is 0 Å². The molecule has 0 saturated heterocycles. The fourth-order valence-electron chi connectivity index (χ4n) is 1.75. The predicted octanol–water partition coefficient (Wildman–Crippen LogP) is 0.379. The van der Waals surface area contributed by atoms with Crippen molar-refractivity contribution in [3.05, 3.63) is 17.9 Å². The molecular formula is C11H9FN2O5S. The summed E-state index contributed by atoms with van der Waals surface area (Å²) < 4.78 is 36.5. The van der Waals surface area contributed by atoms with Crippen molar-refractivity contribution in [2.75, 3.05) is 11.6 Å². The van der Waals surface area contributed by atoms with Gasteiger partial charge in [0.2, 0.25) is 0 Å². The number of aliphatic carboxylic acids is 1. The van der Waals surface area contributed by atoms with Gasteiger partial charge in [-0.3, -0.25) is 0 Å². The average molecular weight is 300 g/mol. The number of carbonyl (C=O) groups excluding carboxylic acids is 1. The summed E-state index contributed by atoms with van der Waals surface area (Å²) in [7, 11) is -3.79. The number of carbonyl (C=O) groups is 2. The number of aliphatic imine (C=N–C) groups is 1. The van der Waals surface area contributed by atoms with Crippen LogP contribution in [0.4, 0.5) is 15.8 Å². The van der Waals surface area contributed by atoms with Crippen molar-refractivity contribution in [1.82, 2.24) is 0 Å². The van der Waals surface area contributed by atoms with E-state index in [1.807, 2.05) is 0 Å². The smallest absolute Gasteiger partial charge is 0.352 e. The number of nitrogens with zero attached hydrogens (tertiary/aromatic N) is 1. The molecule has 0 bridgehead atoms. The number of anilines is 1. The van der Waals surface area contributed by atoms with E-state index >= 15 is 0 Å². The first-order valence-corrected chi connectivity index (χ1v) is 7.20. The monoisotopic (exact) mass is 300 g/mol. The van der Waals surface area contributed by atoms with Gasteiger partial charge in [-0.15, -0.1) is 0 Å². The van der Waals surface area contributed by atoms with Crippen LogP contribution in [-0.4, -0.2) is 43.8 Å². The predicted molar refractivity (Wildman–Crippen MR) is 67.7 cm³/mol. The van der Waals surface area contributed by atoms with Crippen molar-refractivity contribution in [1.29, 1.82) is 0 Å². The SMILES string of the molecule is CS(=O)(=O)c1cc2c(cc1F)N=C(C(=O)O)C(C=O)N2. The van der Waals surface area contributed by atoms with Crippen molar-refractivity contribution in [2.45, 2.75) is 10.9 Å². The van der Waals surface area contributed by atoms with Gasteiger partial charge in [0.1, 0.15) is 23.0 Å². The van der Waals surface area contributed by atoms with Crippen molar-refractivity contribution in [3.8, 4) is 0 Å². The second-order valence-electron chi connectivity index (χ2n) is 4.13. The minimum atomic E-state index is -3.79. The van der Waals surface area contributed by atoms with Crippen LogP contribution in [0.1, 0.15) is 0 Å². The van der Waals surface area contributed by atoms with Crippen molar-refractivity contribution in [3.63, 3.8) is 0 Å². The van der Waals surface area contributed by atoms with Gasteiger partial charge in [-0.25, -0.2) is 22.6 Å². The molecular weight excluding hydrogens is 291 g/mol. The lowest BCUT2D eigenvalue weighted by Crippen LogP contribution is -2.38. The number of hydrogen-bond donors (Lipinski definition) is 2. The molecule has 0 radical (unpaired) electrons. The first-order valence-electron chi connectivity index (χ1n) is 5.31. The van der Waals surface area contributed by atoms with Crippen LogP contribution < -0.4 is 5.32 Å². The Morgan fingerprint density at radius 3 is 2.65 bits per heavy atom. The van der Waals surface area contributed by atoms with Crippen LogP contribution in [0.5, 0.6) is 0 Å². The molecule has 20 heavy (non-hydrogen) atoms. The number of hydrogen-bond acceptors (Lipinski definition) is 6. The number of nitrogens with one attached hydrogen (secondary N) is 1. The maximum absolute atomic E-state index is 13.7. The van der Waals surface area contributed by atoms with E-state index in [1.54, 1.807) is 0 Å². The zero-order valence-corrected chi connectivity index (χ0v) is 10.9. The lowest BCUT2D eigenvalue weighted by Gasteiger charge is -2.21. The fraction of sp³-hybridized carbons (Fsp3) is 0.182. The molecule has 1 atom stereocenters. The molecule has 7 nitrogen and oxygen atoms in total. The molecule has 1 aromatic carbocycles. The third kappa shape index (κ3) is 2.39. The Labute approximate surface area is 113 Å². The molecule has 106 valence electrons. The summed E-state index contributed by atoms with van der Waals surface area (Å²) in [6, 6.07) is 0.569. The number of benzene rings is 1. The van der Waals surface area contributed by atoms with Crippen LogP contribution in [0, 0.1) is 5.82 Å². The number of sulfone groups is 1. The molecule has 1 unspecified atom stereocenters. The summed E-state index contributed by atoms with van der Waals surface area (Å²) in [5.41, 5.74) is -0.488. The number of aldehydes is 1. The quantitative estimate of drug-likeness (QED) is 0.780. The molecule has 1 aromatic rings. The fourth-order valence-corrected chi connectivity index (χ4v) is 2.49. The number of rotatable bonds is 3. The molecule has 2 rings (SSSR count). The molecule has 9 heteroatoms. The van der Waals surface area contributed by atoms with Gasteiger partial charge in [-0.2, -0.15) is 0 Å². The summed E-state index contributed by atoms with van der Waals surface area (Å²) in [6.45, 7) is 0. The minimum absolute atomic E-state index is 0.0777. The second-order valence-corrected chi connectivity index (χ2v) is 6.12. The Morgan fingerprint density at radius 1 is 1.50 bits per heavy atom. The molecule has 0 aromatic heterocycles. The van der Waals surface area contributed by atoms with E-state index in [0.29, 0.717) is 6.29 Å². The molecule has 2 N–H and O–H groups in total. The van der Waals surface area contributed by atoms with Gasteiger partial charge in [0, 0.05) is 12.3 Å². The van der Waals surface area contributed by atoms with Crippen molar-refractivity contribution >= 4 is 39.2 Å². The Kier molecular flexibility index (Phi) is 3.30. The highest BCUT2D eigenvalue weighted by Crippen LogP contribution is 2.33. The van der Waals surface area contributed by atoms with Crippen molar-refractivity contribution in [2.24, 2.45) is 4.99 Å². The Bertz CT molecular complexity index is 741. The van der Waals surface area contributed by atoms with Gasteiger partial charge in [0.05, 0.1) is 11.4 Å². The van der Waals surface area contributed by atoms with Crippen LogP contribution in [0.3, 0.4) is 0 Å². The largest absolute Gasteiger partial charge is 0.477 e. The van der Waals surface area contributed by atoms with Gasteiger partial charge in [0.15, 0.2) is 15.5 Å². The van der Waals surface area contributed by atoms with E-state index < -0.39 is 38.3 Å². The first kappa shape index (κ1) is 14.1. The lowest BCUT2D eigenvalue weighted by atomic mass is 10.1. The molecule has 0 aliphatic carbocycles. The average Bonchev–Trinajstić information content (AvgIpc) is 2.34. The summed E-state index contributed by atoms with van der Waals surface area (Å²) in [4.78, 5) is 24.9. The first-order chi connectivity index (χ1) is 9.24. The number of halogens is 1. The Hall–Kier alpha value is -2.29. The van der Waals surface area contributed by atoms with Crippen LogP contribution in [0.15, 0.2) is 22.0 Å². The molecule has 0 fully saturated rings. The van der Waals surface area contributed by atoms with Gasteiger partial charge >= 0.3 is 5.97 Å². The Morgan fingerprint density at radius 2 is 2.15 bits per heavy atom. The van der Waals surface area contributed by atoms with E-state index in [-0.39, 0.29) is 11.4 Å². The van der Waals surface area contributed by atoms with E-state index in [0.717, 1.165) is 18.4 Å². The molecule has 1 heterocycles. The maximum Gasteiger partial charge on any atom is 0.352 e. The highest BCUT2D eigenvalue weighted by Gasteiger charge is 2.29. The van der Waals surface area contributed by atoms with Crippen LogP contribution in [0.25, 0.3) is 0 Å². The van der Waals surface area contributed by atoms with E-state index in [1.165, 1.54) is 0 Å². The van der Waals surface area contributed by atoms with E-state index in [9.17, 15) is 22.4 Å². The number of carboxylic acid groups (broad SMARTS) is 1. The number of carboxylic acids is 1. The van der Waals surface area contributed by atoms with Gasteiger partial charge in [-0.05, 0) is 6.07 Å². The van der Waals surface area contributed by atoms with E-state index in [2.05, 4.69) is 10.3 Å². The topological polar surface area (TPSA) is 113 Å². The summed E-state index contributed by atoms with van der Waals surface area (Å²) in [5, 5.41) is 11.4. The minimum Gasteiger partial charge on any atom is -0.477 e. The summed E-state index contributed by atoms with van der Waals surface area (Å²) >= 11 is 0. The number of fused-ring (bicyclic) bond motifs is 1. The maximum atomic E-state index is 13.7. The van der Waals surface area contributed by atoms with Gasteiger partial charge in [-0.1, -0.05) is 0 Å². The molecule has 0 amide bonds. The van der Waals surface area contributed by atoms with Gasteiger partial charge in [0.25, 0.3) is 0 Å². The van der Waals surface area contributed by atoms with Crippen molar-refractivity contribution < 1.29 is 27.5 Å². The second kappa shape index (κ2) is 4.67. The lowest BCUT2D eigenvalue weighted by molar-refractivity contribution is -0.129. The highest BCUT2D eigenvalue weighted by atomic mass is 32.2. The molecule has 0 saturated carbocycles. The van der Waals surface area contributed by atoms with E-state index in [4.69, 9.17) is 5.11 Å². The van der Waals surface area contributed by atoms with Crippen LogP contribution in [0.2, 0.25) is 0 Å². The summed E-state index contributed by atoms with van der Waals surface area (Å²) in [6.07, 6.45) is 1.16. The molecule has 0 spiro atoms. The van der Waals surface area contributed by atoms with Gasteiger partial charge < -0.3 is 15.2 Å². The molecule has 1 aliphatic rings. The molecule has 1 aliphatic heterocycles. The highest BCUT2D eigenvalue weighted by molar-refractivity contribution is 7.90. The summed E-state index contributed by atoms with van der Waals surface area (Å²) in [5.74, 6) is -2.46. The zero-order valence-electron chi connectivity index (χ0n) is 10.1. The standard InChI is InChI=1S/C11H9FN2O5S/c1-20(18,19)9-3-7-6(2-5(9)12)14-10(11(16)17)8(4-15)13-7/h2-4,8,13H,1H3,(H,16,17). The Balaban J connectivity index is 2.65. The normalized spacial score (nSPS) is 17.7.